The third-order valence-corrected chi connectivity index (χ3v) is 11.9. The van der Waals surface area contributed by atoms with E-state index in [-0.39, 0.29) is 31.1 Å². The lowest BCUT2D eigenvalue weighted by Gasteiger charge is -2.18. The zero-order chi connectivity index (χ0) is 43.4. The van der Waals surface area contributed by atoms with E-state index in [2.05, 4.69) is 41.5 Å². The first-order valence-electron chi connectivity index (χ1n) is 26.1. The molecule has 350 valence electrons. The first kappa shape index (κ1) is 57.4. The highest BCUT2D eigenvalue weighted by Crippen LogP contribution is 2.18. The summed E-state index contributed by atoms with van der Waals surface area (Å²) in [6, 6.07) is 0. The third-order valence-electron chi connectivity index (χ3n) is 11.9. The van der Waals surface area contributed by atoms with Crippen LogP contribution in [0.4, 0.5) is 0 Å². The zero-order valence-corrected chi connectivity index (χ0v) is 40.5. The Bertz CT molecular complexity index is 914. The maximum absolute atomic E-state index is 12.8. The number of ether oxygens (including phenoxy) is 3. The molecule has 0 aliphatic carbocycles. The molecule has 0 aliphatic rings. The zero-order valence-electron chi connectivity index (χ0n) is 40.5. The van der Waals surface area contributed by atoms with E-state index >= 15 is 0 Å². The molecule has 0 fully saturated rings. The minimum atomic E-state index is -0.763. The van der Waals surface area contributed by atoms with Crippen molar-refractivity contribution in [1.29, 1.82) is 0 Å². The molecule has 0 aromatic heterocycles. The summed E-state index contributed by atoms with van der Waals surface area (Å²) in [6.07, 6.45) is 43.8. The first-order valence-corrected chi connectivity index (χ1v) is 26.1. The molecule has 59 heavy (non-hydrogen) atoms. The van der Waals surface area contributed by atoms with Crippen molar-refractivity contribution in [3.05, 3.63) is 0 Å². The number of carbonyl (C=O) groups excluding carboxylic acids is 3. The van der Waals surface area contributed by atoms with Gasteiger partial charge < -0.3 is 14.2 Å². The standard InChI is InChI=1S/C53H102O6/c1-47(2)39-33-27-21-15-11-7-9-13-17-24-30-36-42-51(54)57-45-50(46-58-52(55)43-37-31-25-20-19-23-29-35-41-49(5)6)59-53(56)44-38-32-26-18-14-10-8-12-16-22-28-34-40-48(3)4/h47-50H,7-46H2,1-6H3/t50-/m0/s1. The molecule has 0 rings (SSSR count). The van der Waals surface area contributed by atoms with Crippen LogP contribution in [0.1, 0.15) is 286 Å². The first-order chi connectivity index (χ1) is 28.6. The summed E-state index contributed by atoms with van der Waals surface area (Å²) in [5.74, 6) is 1.61. The Hall–Kier alpha value is -1.59. The van der Waals surface area contributed by atoms with Gasteiger partial charge in [-0.2, -0.15) is 0 Å². The Labute approximate surface area is 368 Å². The molecule has 0 saturated carbocycles. The van der Waals surface area contributed by atoms with Gasteiger partial charge in [-0.3, -0.25) is 14.4 Å². The number of hydrogen-bond donors (Lipinski definition) is 0. The SMILES string of the molecule is CC(C)CCCCCCCCCCCCCCC(=O)OC[C@@H](COC(=O)CCCCCCCCCCC(C)C)OC(=O)CCCCCCCCCCCCCCC(C)C. The van der Waals surface area contributed by atoms with Gasteiger partial charge in [0.2, 0.25) is 0 Å². The minimum Gasteiger partial charge on any atom is -0.462 e. The average Bonchev–Trinajstić information content (AvgIpc) is 3.19. The predicted molar refractivity (Wildman–Crippen MR) is 252 cm³/mol. The normalized spacial score (nSPS) is 12.2. The molecular formula is C53H102O6. The van der Waals surface area contributed by atoms with Crippen molar-refractivity contribution < 1.29 is 28.6 Å². The van der Waals surface area contributed by atoms with E-state index < -0.39 is 6.10 Å². The monoisotopic (exact) mass is 835 g/mol. The molecule has 6 nitrogen and oxygen atoms in total. The summed E-state index contributed by atoms with van der Waals surface area (Å²) < 4.78 is 16.8. The van der Waals surface area contributed by atoms with Crippen molar-refractivity contribution in [2.75, 3.05) is 13.2 Å². The van der Waals surface area contributed by atoms with Crippen LogP contribution in [0.15, 0.2) is 0 Å². The van der Waals surface area contributed by atoms with Gasteiger partial charge in [0.25, 0.3) is 0 Å². The van der Waals surface area contributed by atoms with Crippen molar-refractivity contribution in [1.82, 2.24) is 0 Å². The highest BCUT2D eigenvalue weighted by atomic mass is 16.6. The third kappa shape index (κ3) is 47.3. The van der Waals surface area contributed by atoms with E-state index in [0.717, 1.165) is 75.5 Å². The van der Waals surface area contributed by atoms with Gasteiger partial charge in [0.15, 0.2) is 6.10 Å². The average molecular weight is 835 g/mol. The number of unbranched alkanes of at least 4 members (excludes halogenated alkanes) is 29. The van der Waals surface area contributed by atoms with Crippen molar-refractivity contribution in [3.8, 4) is 0 Å². The quantitative estimate of drug-likeness (QED) is 0.0345. The van der Waals surface area contributed by atoms with E-state index in [4.69, 9.17) is 14.2 Å². The summed E-state index contributed by atoms with van der Waals surface area (Å²) in [4.78, 5) is 37.9. The Kier molecular flexibility index (Phi) is 43.3. The summed E-state index contributed by atoms with van der Waals surface area (Å²) in [5.41, 5.74) is 0. The van der Waals surface area contributed by atoms with Gasteiger partial charge in [-0.15, -0.1) is 0 Å². The van der Waals surface area contributed by atoms with Crippen LogP contribution in [0.2, 0.25) is 0 Å². The van der Waals surface area contributed by atoms with Crippen molar-refractivity contribution >= 4 is 17.9 Å². The van der Waals surface area contributed by atoms with Crippen LogP contribution in [0.5, 0.6) is 0 Å². The van der Waals surface area contributed by atoms with Crippen molar-refractivity contribution in [2.45, 2.75) is 292 Å². The van der Waals surface area contributed by atoms with Gasteiger partial charge in [-0.1, -0.05) is 247 Å². The largest absolute Gasteiger partial charge is 0.462 e. The van der Waals surface area contributed by atoms with Crippen LogP contribution in [0.3, 0.4) is 0 Å². The molecule has 0 aromatic carbocycles. The molecule has 0 saturated heterocycles. The fraction of sp³-hybridized carbons (Fsp3) is 0.943. The lowest BCUT2D eigenvalue weighted by molar-refractivity contribution is -0.167. The molecule has 1 atom stereocenters. The predicted octanol–water partition coefficient (Wildman–Crippen LogP) is 16.8. The molecule has 0 aromatic rings. The number of esters is 3. The van der Waals surface area contributed by atoms with Gasteiger partial charge in [0, 0.05) is 19.3 Å². The van der Waals surface area contributed by atoms with E-state index in [1.165, 1.54) is 167 Å². The van der Waals surface area contributed by atoms with Crippen LogP contribution in [-0.2, 0) is 28.6 Å². The fourth-order valence-electron chi connectivity index (χ4n) is 7.94. The van der Waals surface area contributed by atoms with E-state index in [0.29, 0.717) is 19.3 Å². The molecule has 0 spiro atoms. The molecule has 6 heteroatoms. The second-order valence-electron chi connectivity index (χ2n) is 19.6. The Morgan fingerprint density at radius 3 is 0.729 bits per heavy atom. The maximum atomic E-state index is 12.8. The van der Waals surface area contributed by atoms with E-state index in [1.807, 2.05) is 0 Å². The highest BCUT2D eigenvalue weighted by molar-refractivity contribution is 5.71. The summed E-state index contributed by atoms with van der Waals surface area (Å²) in [6.45, 7) is 13.7. The molecule has 0 aliphatic heterocycles. The fourth-order valence-corrected chi connectivity index (χ4v) is 7.94. The van der Waals surface area contributed by atoms with E-state index in [1.54, 1.807) is 0 Å². The summed E-state index contributed by atoms with van der Waals surface area (Å²) in [5, 5.41) is 0. The van der Waals surface area contributed by atoms with Gasteiger partial charge in [0.05, 0.1) is 0 Å². The lowest BCUT2D eigenvalue weighted by Crippen LogP contribution is -2.30. The van der Waals surface area contributed by atoms with Gasteiger partial charge >= 0.3 is 17.9 Å². The van der Waals surface area contributed by atoms with Crippen molar-refractivity contribution in [3.63, 3.8) is 0 Å². The molecule has 0 N–H and O–H groups in total. The molecular weight excluding hydrogens is 733 g/mol. The molecule has 0 heterocycles. The van der Waals surface area contributed by atoms with Crippen LogP contribution < -0.4 is 0 Å². The molecule has 0 radical (unpaired) electrons. The van der Waals surface area contributed by atoms with Crippen LogP contribution in [-0.4, -0.2) is 37.2 Å². The minimum absolute atomic E-state index is 0.0648. The summed E-state index contributed by atoms with van der Waals surface area (Å²) in [7, 11) is 0. The number of hydrogen-bond acceptors (Lipinski definition) is 6. The second kappa shape index (κ2) is 44.5. The topological polar surface area (TPSA) is 78.9 Å². The van der Waals surface area contributed by atoms with Gasteiger partial charge in [-0.05, 0) is 37.0 Å². The van der Waals surface area contributed by atoms with Crippen LogP contribution in [0, 0.1) is 17.8 Å². The molecule has 0 amide bonds. The Morgan fingerprint density at radius 1 is 0.288 bits per heavy atom. The van der Waals surface area contributed by atoms with Crippen LogP contribution in [0.25, 0.3) is 0 Å². The second-order valence-corrected chi connectivity index (χ2v) is 19.6. The van der Waals surface area contributed by atoms with Crippen LogP contribution >= 0.6 is 0 Å². The molecule has 0 bridgehead atoms. The maximum Gasteiger partial charge on any atom is 0.306 e. The van der Waals surface area contributed by atoms with E-state index in [9.17, 15) is 14.4 Å². The Morgan fingerprint density at radius 2 is 0.492 bits per heavy atom. The lowest BCUT2D eigenvalue weighted by atomic mass is 10.0. The highest BCUT2D eigenvalue weighted by Gasteiger charge is 2.19. The Balaban J connectivity index is 4.31. The smallest absolute Gasteiger partial charge is 0.306 e. The number of rotatable bonds is 46. The van der Waals surface area contributed by atoms with Gasteiger partial charge in [0.1, 0.15) is 13.2 Å². The molecule has 0 unspecified atom stereocenters. The number of carbonyl (C=O) groups is 3. The van der Waals surface area contributed by atoms with Gasteiger partial charge in [-0.25, -0.2) is 0 Å². The van der Waals surface area contributed by atoms with Crippen molar-refractivity contribution in [2.24, 2.45) is 17.8 Å². The summed E-state index contributed by atoms with van der Waals surface area (Å²) >= 11 is 0.